The van der Waals surface area contributed by atoms with Crippen LogP contribution in [0.25, 0.3) is 5.78 Å². The third-order valence-corrected chi connectivity index (χ3v) is 4.27. The molecule has 2 aliphatic rings. The maximum Gasteiger partial charge on any atom is 0.329 e. The van der Waals surface area contributed by atoms with Crippen LogP contribution in [0.4, 0.5) is 28.2 Å². The van der Waals surface area contributed by atoms with E-state index in [0.29, 0.717) is 0 Å². The Morgan fingerprint density at radius 2 is 1.85 bits per heavy atom. The summed E-state index contributed by atoms with van der Waals surface area (Å²) in [6.07, 6.45) is 1.09. The van der Waals surface area contributed by atoms with Crippen LogP contribution in [0.2, 0.25) is 0 Å². The van der Waals surface area contributed by atoms with E-state index >= 15 is 0 Å². The van der Waals surface area contributed by atoms with Crippen LogP contribution in [-0.4, -0.2) is 63.0 Å². The average Bonchev–Trinajstić information content (AvgIpc) is 3.08. The molecule has 2 saturated heterocycles. The Balaban J connectivity index is 1.77. The summed E-state index contributed by atoms with van der Waals surface area (Å²) in [5.41, 5.74) is 0.0940. The van der Waals surface area contributed by atoms with E-state index in [1.54, 1.807) is 0 Å². The van der Waals surface area contributed by atoms with Crippen LogP contribution in [0.5, 0.6) is 0 Å². The van der Waals surface area contributed by atoms with Gasteiger partial charge in [-0.05, 0) is 0 Å². The van der Waals surface area contributed by atoms with Gasteiger partial charge in [0, 0.05) is 12.6 Å². The van der Waals surface area contributed by atoms with Gasteiger partial charge in [0.25, 0.3) is 5.78 Å². The zero-order chi connectivity index (χ0) is 18.7. The number of hydrogen-bond donors (Lipinski definition) is 2. The van der Waals surface area contributed by atoms with Gasteiger partial charge in [-0.25, -0.2) is 9.78 Å². The monoisotopic (exact) mass is 373 g/mol. The normalized spacial score (nSPS) is 24.6. The molecule has 0 aliphatic carbocycles. The molecule has 2 aromatic heterocycles. The fourth-order valence-electron chi connectivity index (χ4n) is 2.92. The predicted octanol–water partition coefficient (Wildman–Crippen LogP) is 0.138. The molecule has 1 atom stereocenters. The van der Waals surface area contributed by atoms with Gasteiger partial charge in [-0.15, -0.1) is 0 Å². The number of urea groups is 1. The van der Waals surface area contributed by atoms with Gasteiger partial charge in [0.05, 0.1) is 24.7 Å². The van der Waals surface area contributed by atoms with E-state index in [0.717, 1.165) is 15.7 Å². The molecule has 26 heavy (non-hydrogen) atoms. The number of rotatable bonds is 2. The molecule has 4 heterocycles. The zero-order valence-corrected chi connectivity index (χ0v) is 12.9. The number of hydrogen-bond acceptors (Lipinski definition) is 6. The molecule has 2 aliphatic heterocycles. The lowest BCUT2D eigenvalue weighted by Gasteiger charge is -2.24. The van der Waals surface area contributed by atoms with Crippen LogP contribution < -0.4 is 15.5 Å². The molecule has 9 nitrogen and oxygen atoms in total. The molecule has 2 aromatic rings. The molecule has 0 aromatic carbocycles. The number of aromatic nitrogens is 4. The van der Waals surface area contributed by atoms with Crippen molar-refractivity contribution in [3.63, 3.8) is 0 Å². The number of nitrogens with one attached hydrogen (secondary N) is 2. The minimum absolute atomic E-state index is 0.0410. The SMILES string of the molecule is O=C1NCC(c2cc(N3CC(F)(F)C(F)(F)C3)n3ncnc3n2)C(=O)N1. The Labute approximate surface area is 142 Å². The number of imide groups is 1. The molecule has 13 heteroatoms. The van der Waals surface area contributed by atoms with E-state index < -0.39 is 42.8 Å². The molecule has 0 radical (unpaired) electrons. The van der Waals surface area contributed by atoms with Gasteiger partial charge in [0.1, 0.15) is 12.1 Å². The third-order valence-electron chi connectivity index (χ3n) is 4.27. The van der Waals surface area contributed by atoms with Crippen LogP contribution in [0.1, 0.15) is 11.6 Å². The minimum atomic E-state index is -4.21. The molecule has 2 fully saturated rings. The van der Waals surface area contributed by atoms with Gasteiger partial charge in [-0.1, -0.05) is 0 Å². The van der Waals surface area contributed by atoms with Gasteiger partial charge in [-0.2, -0.15) is 32.2 Å². The van der Waals surface area contributed by atoms with E-state index in [1.165, 1.54) is 6.07 Å². The second kappa shape index (κ2) is 5.25. The van der Waals surface area contributed by atoms with Crippen molar-refractivity contribution in [2.24, 2.45) is 0 Å². The van der Waals surface area contributed by atoms with Crippen molar-refractivity contribution in [2.75, 3.05) is 24.5 Å². The average molecular weight is 373 g/mol. The Morgan fingerprint density at radius 1 is 1.15 bits per heavy atom. The highest BCUT2D eigenvalue weighted by atomic mass is 19.3. The van der Waals surface area contributed by atoms with Gasteiger partial charge < -0.3 is 10.2 Å². The highest BCUT2D eigenvalue weighted by Crippen LogP contribution is 2.42. The van der Waals surface area contributed by atoms with Crippen molar-refractivity contribution in [3.05, 3.63) is 18.1 Å². The highest BCUT2D eigenvalue weighted by Gasteiger charge is 2.63. The first-order valence-electron chi connectivity index (χ1n) is 7.48. The summed E-state index contributed by atoms with van der Waals surface area (Å²) in [7, 11) is 0. The summed E-state index contributed by atoms with van der Waals surface area (Å²) >= 11 is 0. The summed E-state index contributed by atoms with van der Waals surface area (Å²) < 4.78 is 55.4. The summed E-state index contributed by atoms with van der Waals surface area (Å²) in [5.74, 6) is -10.1. The molecular formula is C13H11F4N7O2. The van der Waals surface area contributed by atoms with Crippen LogP contribution in [0.3, 0.4) is 0 Å². The quantitative estimate of drug-likeness (QED) is 0.726. The van der Waals surface area contributed by atoms with Crippen molar-refractivity contribution in [3.8, 4) is 0 Å². The lowest BCUT2D eigenvalue weighted by molar-refractivity contribution is -0.172. The van der Waals surface area contributed by atoms with Crippen molar-refractivity contribution in [1.82, 2.24) is 30.2 Å². The lowest BCUT2D eigenvalue weighted by Crippen LogP contribution is -2.51. The molecule has 1 unspecified atom stereocenters. The molecule has 0 bridgehead atoms. The highest BCUT2D eigenvalue weighted by molar-refractivity contribution is 6.00. The molecule has 3 amide bonds. The number of halogens is 4. The fraction of sp³-hybridized carbons (Fsp3) is 0.462. The van der Waals surface area contributed by atoms with Gasteiger partial charge >= 0.3 is 17.9 Å². The lowest BCUT2D eigenvalue weighted by atomic mass is 10.0. The number of anilines is 1. The van der Waals surface area contributed by atoms with Crippen molar-refractivity contribution >= 4 is 23.5 Å². The van der Waals surface area contributed by atoms with E-state index in [9.17, 15) is 27.2 Å². The van der Waals surface area contributed by atoms with Crippen LogP contribution in [0, 0.1) is 0 Å². The van der Waals surface area contributed by atoms with Gasteiger partial charge in [0.2, 0.25) is 5.91 Å². The Bertz CT molecular complexity index is 899. The summed E-state index contributed by atoms with van der Waals surface area (Å²) in [5, 5.41) is 8.29. The van der Waals surface area contributed by atoms with E-state index in [4.69, 9.17) is 0 Å². The second-order valence-electron chi connectivity index (χ2n) is 6.03. The van der Waals surface area contributed by atoms with Gasteiger partial charge in [-0.3, -0.25) is 10.1 Å². The van der Waals surface area contributed by atoms with E-state index in [1.807, 2.05) is 0 Å². The van der Waals surface area contributed by atoms with Crippen LogP contribution in [-0.2, 0) is 4.79 Å². The Hall–Kier alpha value is -2.99. The Kier molecular flexibility index (Phi) is 3.33. The maximum absolute atomic E-state index is 13.6. The number of carbonyl (C=O) groups excluding carboxylic acids is 2. The van der Waals surface area contributed by atoms with Gasteiger partial charge in [0.15, 0.2) is 0 Å². The zero-order valence-electron chi connectivity index (χ0n) is 12.9. The topological polar surface area (TPSA) is 105 Å². The Morgan fingerprint density at radius 3 is 2.50 bits per heavy atom. The smallest absolute Gasteiger partial charge is 0.329 e. The van der Waals surface area contributed by atoms with Crippen LogP contribution in [0.15, 0.2) is 12.4 Å². The van der Waals surface area contributed by atoms with Crippen molar-refractivity contribution < 1.29 is 27.2 Å². The molecule has 0 spiro atoms. The number of amides is 3. The van der Waals surface area contributed by atoms with E-state index in [2.05, 4.69) is 25.7 Å². The first kappa shape index (κ1) is 16.5. The first-order valence-corrected chi connectivity index (χ1v) is 7.48. The maximum atomic E-state index is 13.6. The molecule has 4 rings (SSSR count). The van der Waals surface area contributed by atoms with Crippen molar-refractivity contribution in [1.29, 1.82) is 0 Å². The molecule has 2 N–H and O–H groups in total. The molecular weight excluding hydrogens is 362 g/mol. The number of fused-ring (bicyclic) bond motifs is 1. The second-order valence-corrected chi connectivity index (χ2v) is 6.03. The summed E-state index contributed by atoms with van der Waals surface area (Å²) in [4.78, 5) is 31.9. The summed E-state index contributed by atoms with van der Waals surface area (Å²) in [6.45, 7) is -2.51. The largest absolute Gasteiger partial charge is 0.344 e. The molecule has 138 valence electrons. The standard InChI is InChI=1S/C13H11F4N7O2/c14-12(15)3-23(4-13(12,16)17)8-1-7(21-10-19-5-20-24(8)10)6-2-18-11(26)22-9(6)25/h1,5-6H,2-4H2,(H2,18,22,25,26). The fourth-order valence-corrected chi connectivity index (χ4v) is 2.92. The van der Waals surface area contributed by atoms with Crippen LogP contribution >= 0.6 is 0 Å². The van der Waals surface area contributed by atoms with Crippen molar-refractivity contribution in [2.45, 2.75) is 17.8 Å². The number of carbonyl (C=O) groups is 2. The predicted molar refractivity (Wildman–Crippen MR) is 77.2 cm³/mol. The van der Waals surface area contributed by atoms with E-state index in [-0.39, 0.29) is 23.8 Å². The third kappa shape index (κ3) is 2.42. The number of alkyl halides is 4. The first-order chi connectivity index (χ1) is 12.2. The summed E-state index contributed by atoms with van der Waals surface area (Å²) in [6, 6.07) is 0.551. The minimum Gasteiger partial charge on any atom is -0.344 e. The number of nitrogens with zero attached hydrogens (tertiary/aromatic N) is 5. The molecule has 0 saturated carbocycles.